The van der Waals surface area contributed by atoms with Crippen LogP contribution in [-0.2, 0) is 0 Å². The van der Waals surface area contributed by atoms with Gasteiger partial charge in [-0.25, -0.2) is 0 Å². The van der Waals surface area contributed by atoms with Crippen LogP contribution in [0.15, 0.2) is 60.7 Å². The average Bonchev–Trinajstić information content (AvgIpc) is 2.52. The zero-order valence-electron chi connectivity index (χ0n) is 12.0. The second-order valence-corrected chi connectivity index (χ2v) is 4.78. The van der Waals surface area contributed by atoms with Gasteiger partial charge in [-0.1, -0.05) is 67.8 Å². The van der Waals surface area contributed by atoms with Crippen LogP contribution >= 0.6 is 0 Å². The monoisotopic (exact) mass is 263 g/mol. The summed E-state index contributed by atoms with van der Waals surface area (Å²) in [6.07, 6.45) is 3.33. The van der Waals surface area contributed by atoms with Gasteiger partial charge in [0.2, 0.25) is 0 Å². The summed E-state index contributed by atoms with van der Waals surface area (Å²) in [5, 5.41) is 3.50. The standard InChI is InChI=1S/C19H21N/c1-2-3-4-11-16-19(17-12-7-5-8-13-17)20-18-14-9-6-10-15-18/h5-10,12-15,19-20H,2-4H2,1H3/t19-/m0/s1. The van der Waals surface area contributed by atoms with E-state index in [2.05, 4.69) is 60.5 Å². The minimum atomic E-state index is 0.0513. The van der Waals surface area contributed by atoms with Gasteiger partial charge in [-0.05, 0) is 24.1 Å². The Hall–Kier alpha value is -2.20. The van der Waals surface area contributed by atoms with Gasteiger partial charge < -0.3 is 5.32 Å². The van der Waals surface area contributed by atoms with Crippen LogP contribution in [0, 0.1) is 11.8 Å². The molecule has 2 aromatic rings. The van der Waals surface area contributed by atoms with E-state index in [4.69, 9.17) is 0 Å². The van der Waals surface area contributed by atoms with Gasteiger partial charge in [0.1, 0.15) is 6.04 Å². The summed E-state index contributed by atoms with van der Waals surface area (Å²) in [7, 11) is 0. The largest absolute Gasteiger partial charge is 0.368 e. The molecule has 1 N–H and O–H groups in total. The Labute approximate surface area is 122 Å². The molecular weight excluding hydrogens is 242 g/mol. The predicted molar refractivity (Wildman–Crippen MR) is 86.5 cm³/mol. The van der Waals surface area contributed by atoms with Crippen molar-refractivity contribution in [3.63, 3.8) is 0 Å². The molecule has 0 saturated heterocycles. The summed E-state index contributed by atoms with van der Waals surface area (Å²) >= 11 is 0. The van der Waals surface area contributed by atoms with E-state index < -0.39 is 0 Å². The normalized spacial score (nSPS) is 11.2. The van der Waals surface area contributed by atoms with E-state index in [0.717, 1.165) is 12.1 Å². The van der Waals surface area contributed by atoms with Crippen molar-refractivity contribution in [2.45, 2.75) is 32.2 Å². The third-order valence-corrected chi connectivity index (χ3v) is 3.12. The number of hydrogen-bond acceptors (Lipinski definition) is 1. The maximum Gasteiger partial charge on any atom is 0.113 e. The summed E-state index contributed by atoms with van der Waals surface area (Å²) in [6.45, 7) is 2.19. The van der Waals surface area contributed by atoms with Gasteiger partial charge in [-0.2, -0.15) is 0 Å². The molecule has 1 heteroatoms. The molecule has 1 atom stereocenters. The Morgan fingerprint density at radius 3 is 2.25 bits per heavy atom. The van der Waals surface area contributed by atoms with Crippen LogP contribution in [0.5, 0.6) is 0 Å². The summed E-state index contributed by atoms with van der Waals surface area (Å²) in [5.74, 6) is 6.65. The molecule has 2 aromatic carbocycles. The quantitative estimate of drug-likeness (QED) is 0.589. The third kappa shape index (κ3) is 4.48. The van der Waals surface area contributed by atoms with Crippen molar-refractivity contribution >= 4 is 5.69 Å². The number of nitrogens with one attached hydrogen (secondary N) is 1. The fourth-order valence-corrected chi connectivity index (χ4v) is 1.99. The summed E-state index contributed by atoms with van der Waals surface area (Å²) in [5.41, 5.74) is 2.31. The van der Waals surface area contributed by atoms with Gasteiger partial charge in [0, 0.05) is 12.1 Å². The Morgan fingerprint density at radius 1 is 0.950 bits per heavy atom. The maximum atomic E-state index is 3.50. The third-order valence-electron chi connectivity index (χ3n) is 3.12. The zero-order valence-corrected chi connectivity index (χ0v) is 12.0. The number of anilines is 1. The Balaban J connectivity index is 2.13. The molecule has 20 heavy (non-hydrogen) atoms. The molecule has 0 spiro atoms. The van der Waals surface area contributed by atoms with Crippen LogP contribution in [-0.4, -0.2) is 0 Å². The number of rotatable bonds is 5. The lowest BCUT2D eigenvalue weighted by Crippen LogP contribution is -2.08. The molecule has 0 aliphatic rings. The van der Waals surface area contributed by atoms with E-state index in [1.807, 2.05) is 24.3 Å². The summed E-state index contributed by atoms with van der Waals surface area (Å²) in [6, 6.07) is 20.7. The smallest absolute Gasteiger partial charge is 0.113 e. The number of para-hydroxylation sites is 1. The van der Waals surface area contributed by atoms with Crippen LogP contribution in [0.4, 0.5) is 5.69 Å². The highest BCUT2D eigenvalue weighted by molar-refractivity contribution is 5.47. The first-order chi connectivity index (χ1) is 9.90. The van der Waals surface area contributed by atoms with Crippen LogP contribution in [0.3, 0.4) is 0 Å². The van der Waals surface area contributed by atoms with Crippen LogP contribution < -0.4 is 5.32 Å². The molecule has 0 aliphatic heterocycles. The second-order valence-electron chi connectivity index (χ2n) is 4.78. The van der Waals surface area contributed by atoms with Gasteiger partial charge in [-0.3, -0.25) is 0 Å². The van der Waals surface area contributed by atoms with Crippen LogP contribution in [0.1, 0.15) is 37.8 Å². The molecule has 0 radical (unpaired) electrons. The fourth-order valence-electron chi connectivity index (χ4n) is 1.99. The number of hydrogen-bond donors (Lipinski definition) is 1. The topological polar surface area (TPSA) is 12.0 Å². The first kappa shape index (κ1) is 14.2. The van der Waals surface area contributed by atoms with Gasteiger partial charge in [0.15, 0.2) is 0 Å². The molecule has 0 unspecified atom stereocenters. The van der Waals surface area contributed by atoms with Crippen molar-refractivity contribution in [2.75, 3.05) is 5.32 Å². The highest BCUT2D eigenvalue weighted by Crippen LogP contribution is 2.18. The highest BCUT2D eigenvalue weighted by atomic mass is 14.9. The van der Waals surface area contributed by atoms with Crippen LogP contribution in [0.2, 0.25) is 0 Å². The first-order valence-electron chi connectivity index (χ1n) is 7.25. The SMILES string of the molecule is CCCCC#C[C@H](Nc1ccccc1)c1ccccc1. The Kier molecular flexibility index (Phi) is 5.73. The first-order valence-corrected chi connectivity index (χ1v) is 7.25. The lowest BCUT2D eigenvalue weighted by atomic mass is 10.1. The minimum absolute atomic E-state index is 0.0513. The number of benzene rings is 2. The number of unbranched alkanes of at least 4 members (excludes halogenated alkanes) is 2. The summed E-state index contributed by atoms with van der Waals surface area (Å²) < 4.78 is 0. The predicted octanol–water partition coefficient (Wildman–Crippen LogP) is 5.03. The van der Waals surface area contributed by atoms with E-state index in [1.54, 1.807) is 0 Å². The molecule has 2 rings (SSSR count). The molecule has 102 valence electrons. The van der Waals surface area contributed by atoms with Crippen molar-refractivity contribution in [1.82, 2.24) is 0 Å². The lowest BCUT2D eigenvalue weighted by Gasteiger charge is -2.15. The minimum Gasteiger partial charge on any atom is -0.368 e. The molecule has 0 amide bonds. The zero-order chi connectivity index (χ0) is 14.0. The van der Waals surface area contributed by atoms with Gasteiger partial charge in [0.05, 0.1) is 0 Å². The van der Waals surface area contributed by atoms with Gasteiger partial charge in [-0.15, -0.1) is 5.92 Å². The lowest BCUT2D eigenvalue weighted by molar-refractivity contribution is 0.826. The second kappa shape index (κ2) is 8.07. The van der Waals surface area contributed by atoms with E-state index in [0.29, 0.717) is 0 Å². The molecule has 0 fully saturated rings. The molecule has 0 aromatic heterocycles. The van der Waals surface area contributed by atoms with E-state index in [9.17, 15) is 0 Å². The van der Waals surface area contributed by atoms with Gasteiger partial charge >= 0.3 is 0 Å². The Morgan fingerprint density at radius 2 is 1.60 bits per heavy atom. The van der Waals surface area contributed by atoms with E-state index in [1.165, 1.54) is 18.4 Å². The van der Waals surface area contributed by atoms with E-state index in [-0.39, 0.29) is 6.04 Å². The Bertz CT molecular complexity index is 549. The molecule has 0 heterocycles. The highest BCUT2D eigenvalue weighted by Gasteiger charge is 2.06. The molecule has 1 nitrogen and oxygen atoms in total. The molecule has 0 aliphatic carbocycles. The summed E-state index contributed by atoms with van der Waals surface area (Å²) in [4.78, 5) is 0. The van der Waals surface area contributed by atoms with Crippen molar-refractivity contribution in [3.05, 3.63) is 66.2 Å². The fraction of sp³-hybridized carbons (Fsp3) is 0.263. The average molecular weight is 263 g/mol. The van der Waals surface area contributed by atoms with E-state index >= 15 is 0 Å². The maximum absolute atomic E-state index is 3.50. The molecule has 0 bridgehead atoms. The van der Waals surface area contributed by atoms with Crippen molar-refractivity contribution in [3.8, 4) is 11.8 Å². The van der Waals surface area contributed by atoms with Gasteiger partial charge in [0.25, 0.3) is 0 Å². The van der Waals surface area contributed by atoms with Crippen molar-refractivity contribution in [2.24, 2.45) is 0 Å². The van der Waals surface area contributed by atoms with Crippen molar-refractivity contribution < 1.29 is 0 Å². The molecular formula is C19H21N. The van der Waals surface area contributed by atoms with Crippen LogP contribution in [0.25, 0.3) is 0 Å². The van der Waals surface area contributed by atoms with Crippen molar-refractivity contribution in [1.29, 1.82) is 0 Å². The molecule has 0 saturated carbocycles.